The van der Waals surface area contributed by atoms with Gasteiger partial charge in [-0.3, -0.25) is 14.4 Å². The maximum atomic E-state index is 12.8. The Kier molecular flexibility index (Phi) is 4.88. The van der Waals surface area contributed by atoms with E-state index >= 15 is 0 Å². The summed E-state index contributed by atoms with van der Waals surface area (Å²) in [5, 5.41) is 24.4. The number of aliphatic hydroxyl groups excluding tert-OH is 1. The van der Waals surface area contributed by atoms with Gasteiger partial charge in [0, 0.05) is 25.2 Å². The lowest BCUT2D eigenvalue weighted by Crippen LogP contribution is -2.38. The van der Waals surface area contributed by atoms with Crippen molar-refractivity contribution in [1.29, 1.82) is 0 Å². The maximum Gasteiger partial charge on any atom is 0.254 e. The Morgan fingerprint density at radius 1 is 1.26 bits per heavy atom. The molecule has 1 saturated heterocycles. The SMILES string of the molecule is Cc1ccc(C(=O)N2CCn3nc(CN4CCCC(O)C4)cc3C2)cc1O. The van der Waals surface area contributed by atoms with Crippen molar-refractivity contribution in [1.82, 2.24) is 19.6 Å². The number of phenols is 1. The van der Waals surface area contributed by atoms with Crippen molar-refractivity contribution in [3.05, 3.63) is 46.8 Å². The lowest BCUT2D eigenvalue weighted by molar-refractivity contribution is 0.0661. The van der Waals surface area contributed by atoms with Crippen LogP contribution in [-0.4, -0.2) is 61.4 Å². The monoisotopic (exact) mass is 370 g/mol. The number of carbonyl (C=O) groups excluding carboxylic acids is 1. The van der Waals surface area contributed by atoms with Crippen molar-refractivity contribution in [3.8, 4) is 5.75 Å². The predicted molar refractivity (Wildman–Crippen MR) is 100 cm³/mol. The van der Waals surface area contributed by atoms with Gasteiger partial charge in [0.1, 0.15) is 5.75 Å². The number of aryl methyl sites for hydroxylation is 1. The first kappa shape index (κ1) is 18.0. The minimum atomic E-state index is -0.241. The number of hydrogen-bond donors (Lipinski definition) is 2. The number of rotatable bonds is 3. The van der Waals surface area contributed by atoms with Gasteiger partial charge >= 0.3 is 0 Å². The van der Waals surface area contributed by atoms with Crippen molar-refractivity contribution in [2.45, 2.75) is 45.5 Å². The summed E-state index contributed by atoms with van der Waals surface area (Å²) < 4.78 is 1.98. The second-order valence-electron chi connectivity index (χ2n) is 7.61. The molecule has 4 rings (SSSR count). The number of benzene rings is 1. The highest BCUT2D eigenvalue weighted by Crippen LogP contribution is 2.22. The Morgan fingerprint density at radius 2 is 2.11 bits per heavy atom. The van der Waals surface area contributed by atoms with Gasteiger partial charge in [0.25, 0.3) is 5.91 Å². The molecule has 2 aromatic rings. The smallest absolute Gasteiger partial charge is 0.254 e. The van der Waals surface area contributed by atoms with Gasteiger partial charge in [-0.1, -0.05) is 6.07 Å². The molecule has 2 N–H and O–H groups in total. The fraction of sp³-hybridized carbons (Fsp3) is 0.500. The van der Waals surface area contributed by atoms with E-state index in [1.807, 2.05) is 11.6 Å². The molecule has 1 aromatic heterocycles. The van der Waals surface area contributed by atoms with Crippen LogP contribution >= 0.6 is 0 Å². The highest BCUT2D eigenvalue weighted by atomic mass is 16.3. The highest BCUT2D eigenvalue weighted by Gasteiger charge is 2.25. The summed E-state index contributed by atoms with van der Waals surface area (Å²) in [5.74, 6) is 0.0763. The molecule has 0 bridgehead atoms. The van der Waals surface area contributed by atoms with Crippen LogP contribution in [0.2, 0.25) is 0 Å². The Bertz CT molecular complexity index is 848. The van der Waals surface area contributed by atoms with E-state index in [9.17, 15) is 15.0 Å². The molecule has 7 heteroatoms. The number of aromatic nitrogens is 2. The molecule has 0 radical (unpaired) electrons. The summed E-state index contributed by atoms with van der Waals surface area (Å²) in [6.07, 6.45) is 1.65. The van der Waals surface area contributed by atoms with Crippen LogP contribution in [0, 0.1) is 6.92 Å². The van der Waals surface area contributed by atoms with Gasteiger partial charge in [-0.2, -0.15) is 5.10 Å². The number of likely N-dealkylation sites (tertiary alicyclic amines) is 1. The van der Waals surface area contributed by atoms with Crippen LogP contribution in [0.4, 0.5) is 0 Å². The summed E-state index contributed by atoms with van der Waals surface area (Å²) in [7, 11) is 0. The average Bonchev–Trinajstić information content (AvgIpc) is 3.04. The number of nitrogens with zero attached hydrogens (tertiary/aromatic N) is 4. The number of hydrogen-bond acceptors (Lipinski definition) is 5. The Morgan fingerprint density at radius 3 is 2.89 bits per heavy atom. The van der Waals surface area contributed by atoms with Crippen LogP contribution in [0.25, 0.3) is 0 Å². The third-order valence-electron chi connectivity index (χ3n) is 5.46. The second kappa shape index (κ2) is 7.32. The van der Waals surface area contributed by atoms with E-state index in [1.54, 1.807) is 17.0 Å². The molecule has 0 saturated carbocycles. The average molecular weight is 370 g/mol. The summed E-state index contributed by atoms with van der Waals surface area (Å²) in [5.41, 5.74) is 3.28. The first-order valence-corrected chi connectivity index (χ1v) is 9.54. The summed E-state index contributed by atoms with van der Waals surface area (Å²) in [6, 6.07) is 7.13. The molecule has 2 aliphatic heterocycles. The minimum absolute atomic E-state index is 0.0709. The van der Waals surface area contributed by atoms with Gasteiger partial charge in [-0.05, 0) is 50.1 Å². The number of piperidine rings is 1. The lowest BCUT2D eigenvalue weighted by Gasteiger charge is -2.29. The summed E-state index contributed by atoms with van der Waals surface area (Å²) in [4.78, 5) is 16.8. The molecule has 2 aliphatic rings. The number of aliphatic hydroxyl groups is 1. The van der Waals surface area contributed by atoms with E-state index in [0.717, 1.165) is 42.9 Å². The number of fused-ring (bicyclic) bond motifs is 1. The zero-order valence-electron chi connectivity index (χ0n) is 15.6. The first-order valence-electron chi connectivity index (χ1n) is 9.54. The molecule has 3 heterocycles. The van der Waals surface area contributed by atoms with Gasteiger partial charge < -0.3 is 15.1 Å². The van der Waals surface area contributed by atoms with Crippen molar-refractivity contribution in [2.24, 2.45) is 0 Å². The van der Waals surface area contributed by atoms with Crippen LogP contribution in [0.3, 0.4) is 0 Å². The van der Waals surface area contributed by atoms with E-state index in [-0.39, 0.29) is 17.8 Å². The molecule has 1 fully saturated rings. The van der Waals surface area contributed by atoms with Crippen molar-refractivity contribution in [3.63, 3.8) is 0 Å². The topological polar surface area (TPSA) is 81.8 Å². The number of aromatic hydroxyl groups is 1. The quantitative estimate of drug-likeness (QED) is 0.856. The molecule has 144 valence electrons. The van der Waals surface area contributed by atoms with Crippen LogP contribution < -0.4 is 0 Å². The summed E-state index contributed by atoms with van der Waals surface area (Å²) in [6.45, 7) is 6.02. The molecule has 7 nitrogen and oxygen atoms in total. The number of amides is 1. The van der Waals surface area contributed by atoms with E-state index < -0.39 is 0 Å². The Hall–Kier alpha value is -2.38. The largest absolute Gasteiger partial charge is 0.508 e. The lowest BCUT2D eigenvalue weighted by atomic mass is 10.1. The van der Waals surface area contributed by atoms with Crippen molar-refractivity contribution in [2.75, 3.05) is 19.6 Å². The number of carbonyl (C=O) groups is 1. The van der Waals surface area contributed by atoms with Gasteiger partial charge in [0.2, 0.25) is 0 Å². The standard InChI is InChI=1S/C20H26N4O3/c1-14-4-5-15(9-19(14)26)20(27)23-7-8-24-17(12-23)10-16(21-24)11-22-6-2-3-18(25)13-22/h4-5,9-10,18,25-26H,2-3,6-8,11-13H2,1H3. The maximum absolute atomic E-state index is 12.8. The zero-order chi connectivity index (χ0) is 19.0. The molecule has 1 unspecified atom stereocenters. The van der Waals surface area contributed by atoms with Crippen molar-refractivity contribution >= 4 is 5.91 Å². The molecule has 1 amide bonds. The van der Waals surface area contributed by atoms with Crippen LogP contribution in [0.1, 0.15) is 40.2 Å². The highest BCUT2D eigenvalue weighted by molar-refractivity contribution is 5.94. The molecule has 27 heavy (non-hydrogen) atoms. The fourth-order valence-electron chi connectivity index (χ4n) is 3.91. The van der Waals surface area contributed by atoms with Crippen molar-refractivity contribution < 1.29 is 15.0 Å². The van der Waals surface area contributed by atoms with E-state index in [1.165, 1.54) is 6.07 Å². The minimum Gasteiger partial charge on any atom is -0.508 e. The van der Waals surface area contributed by atoms with Crippen LogP contribution in [0.5, 0.6) is 5.75 Å². The molecule has 0 aliphatic carbocycles. The van der Waals surface area contributed by atoms with Crippen LogP contribution in [-0.2, 0) is 19.6 Å². The third kappa shape index (κ3) is 3.84. The fourth-order valence-corrected chi connectivity index (χ4v) is 3.91. The molecular formula is C20H26N4O3. The molecule has 0 spiro atoms. The van der Waals surface area contributed by atoms with E-state index in [4.69, 9.17) is 0 Å². The van der Waals surface area contributed by atoms with Gasteiger partial charge in [0.05, 0.1) is 30.6 Å². The van der Waals surface area contributed by atoms with Gasteiger partial charge in [-0.25, -0.2) is 0 Å². The molecular weight excluding hydrogens is 344 g/mol. The Labute approximate surface area is 158 Å². The van der Waals surface area contributed by atoms with E-state index in [0.29, 0.717) is 31.7 Å². The normalized spacial score (nSPS) is 20.5. The van der Waals surface area contributed by atoms with E-state index in [2.05, 4.69) is 16.1 Å². The number of phenolic OH excluding ortho intramolecular Hbond substituents is 1. The predicted octanol–water partition coefficient (Wildman–Crippen LogP) is 1.51. The first-order chi connectivity index (χ1) is 13.0. The number of β-amino-alcohol motifs (C(OH)–C–C–N with tert-alkyl or cyclic N) is 1. The molecule has 1 atom stereocenters. The van der Waals surface area contributed by atoms with Crippen LogP contribution in [0.15, 0.2) is 24.3 Å². The summed E-state index contributed by atoms with van der Waals surface area (Å²) >= 11 is 0. The molecule has 1 aromatic carbocycles. The zero-order valence-corrected chi connectivity index (χ0v) is 15.6. The Balaban J connectivity index is 1.44. The van der Waals surface area contributed by atoms with Gasteiger partial charge in [-0.15, -0.1) is 0 Å². The van der Waals surface area contributed by atoms with Gasteiger partial charge in [0.15, 0.2) is 0 Å². The second-order valence-corrected chi connectivity index (χ2v) is 7.61. The third-order valence-corrected chi connectivity index (χ3v) is 5.46.